The number of amides is 2. The molecule has 1 aromatic carbocycles. The molecule has 17 heavy (non-hydrogen) atoms. The summed E-state index contributed by atoms with van der Waals surface area (Å²) in [6, 6.07) is 10.1. The second-order valence-electron chi connectivity index (χ2n) is 4.18. The molecule has 0 aliphatic carbocycles. The lowest BCUT2D eigenvalue weighted by atomic mass is 10.2. The van der Waals surface area contributed by atoms with E-state index >= 15 is 0 Å². The highest BCUT2D eigenvalue weighted by atomic mass is 16.2. The molecule has 2 amide bonds. The van der Waals surface area contributed by atoms with Crippen LogP contribution in [0.2, 0.25) is 0 Å². The van der Waals surface area contributed by atoms with E-state index in [1.807, 2.05) is 44.2 Å². The summed E-state index contributed by atoms with van der Waals surface area (Å²) in [6.07, 6.45) is 1.68. The monoisotopic (exact) mass is 232 g/mol. The predicted octanol–water partition coefficient (Wildman–Crippen LogP) is 2.79. The number of carbonyl (C=O) groups excluding carboxylic acids is 1. The number of carbonyl (C=O) groups is 1. The Hall–Kier alpha value is -1.77. The Morgan fingerprint density at radius 3 is 2.59 bits per heavy atom. The van der Waals surface area contributed by atoms with Crippen LogP contribution in [0.3, 0.4) is 0 Å². The van der Waals surface area contributed by atoms with Crippen LogP contribution in [0.1, 0.15) is 19.4 Å². The maximum atomic E-state index is 11.9. The first-order chi connectivity index (χ1) is 8.15. The smallest absolute Gasteiger partial charge is 0.318 e. The van der Waals surface area contributed by atoms with Gasteiger partial charge < -0.3 is 10.2 Å². The standard InChI is InChI=1S/C14H20N2O/c1-4-10-15-14(17)16(12(2)3)11-13-8-6-5-7-9-13/h4-9,12H,1,10-11H2,2-3H3,(H,15,17). The van der Waals surface area contributed by atoms with Crippen molar-refractivity contribution in [2.45, 2.75) is 26.4 Å². The van der Waals surface area contributed by atoms with Gasteiger partial charge in [-0.05, 0) is 19.4 Å². The van der Waals surface area contributed by atoms with E-state index in [4.69, 9.17) is 0 Å². The molecule has 3 nitrogen and oxygen atoms in total. The van der Waals surface area contributed by atoms with Crippen molar-refractivity contribution in [3.05, 3.63) is 48.6 Å². The number of hydrogen-bond donors (Lipinski definition) is 1. The van der Waals surface area contributed by atoms with E-state index in [9.17, 15) is 4.79 Å². The number of benzene rings is 1. The fraction of sp³-hybridized carbons (Fsp3) is 0.357. The van der Waals surface area contributed by atoms with Crippen LogP contribution in [-0.4, -0.2) is 23.5 Å². The molecule has 0 heterocycles. The number of nitrogens with one attached hydrogen (secondary N) is 1. The molecule has 3 heteroatoms. The summed E-state index contributed by atoms with van der Waals surface area (Å²) in [5.41, 5.74) is 1.13. The van der Waals surface area contributed by atoms with Gasteiger partial charge in [0, 0.05) is 19.1 Å². The van der Waals surface area contributed by atoms with Gasteiger partial charge >= 0.3 is 6.03 Å². The van der Waals surface area contributed by atoms with Crippen molar-refractivity contribution in [2.24, 2.45) is 0 Å². The number of hydrogen-bond acceptors (Lipinski definition) is 1. The molecule has 0 spiro atoms. The molecule has 0 aliphatic rings. The summed E-state index contributed by atoms with van der Waals surface area (Å²) >= 11 is 0. The molecule has 0 saturated carbocycles. The van der Waals surface area contributed by atoms with Crippen LogP contribution in [0.4, 0.5) is 4.79 Å². The minimum atomic E-state index is -0.0521. The van der Waals surface area contributed by atoms with Gasteiger partial charge in [-0.25, -0.2) is 4.79 Å². The van der Waals surface area contributed by atoms with Gasteiger partial charge in [0.25, 0.3) is 0 Å². The second kappa shape index (κ2) is 6.74. The third-order valence-electron chi connectivity index (χ3n) is 2.48. The lowest BCUT2D eigenvalue weighted by Gasteiger charge is -2.26. The first kappa shape index (κ1) is 13.3. The van der Waals surface area contributed by atoms with E-state index < -0.39 is 0 Å². The van der Waals surface area contributed by atoms with E-state index in [0.717, 1.165) is 5.56 Å². The summed E-state index contributed by atoms with van der Waals surface area (Å²) in [7, 11) is 0. The average molecular weight is 232 g/mol. The maximum Gasteiger partial charge on any atom is 0.318 e. The molecular formula is C14H20N2O. The van der Waals surface area contributed by atoms with Crippen molar-refractivity contribution >= 4 is 6.03 Å². The molecule has 0 unspecified atom stereocenters. The van der Waals surface area contributed by atoms with Crippen molar-refractivity contribution in [3.63, 3.8) is 0 Å². The Bertz CT molecular complexity index is 360. The van der Waals surface area contributed by atoms with Crippen LogP contribution in [0.15, 0.2) is 43.0 Å². The molecule has 0 saturated heterocycles. The first-order valence-corrected chi connectivity index (χ1v) is 5.84. The van der Waals surface area contributed by atoms with Crippen LogP contribution in [0.25, 0.3) is 0 Å². The predicted molar refractivity (Wildman–Crippen MR) is 70.7 cm³/mol. The Kier molecular flexibility index (Phi) is 5.27. The van der Waals surface area contributed by atoms with Gasteiger partial charge in [-0.2, -0.15) is 0 Å². The van der Waals surface area contributed by atoms with Gasteiger partial charge in [-0.15, -0.1) is 6.58 Å². The summed E-state index contributed by atoms with van der Waals surface area (Å²) in [5.74, 6) is 0. The highest BCUT2D eigenvalue weighted by molar-refractivity contribution is 5.74. The molecule has 0 atom stereocenters. The molecule has 1 N–H and O–H groups in total. The normalized spacial score (nSPS) is 10.1. The van der Waals surface area contributed by atoms with Crippen LogP contribution in [0.5, 0.6) is 0 Å². The third-order valence-corrected chi connectivity index (χ3v) is 2.48. The fourth-order valence-corrected chi connectivity index (χ4v) is 1.53. The van der Waals surface area contributed by atoms with Gasteiger partial charge in [0.15, 0.2) is 0 Å². The minimum Gasteiger partial charge on any atom is -0.335 e. The van der Waals surface area contributed by atoms with Crippen molar-refractivity contribution < 1.29 is 4.79 Å². The largest absolute Gasteiger partial charge is 0.335 e. The molecule has 92 valence electrons. The zero-order valence-electron chi connectivity index (χ0n) is 10.5. The van der Waals surface area contributed by atoms with Crippen LogP contribution < -0.4 is 5.32 Å². The van der Waals surface area contributed by atoms with Crippen molar-refractivity contribution in [3.8, 4) is 0 Å². The van der Waals surface area contributed by atoms with Gasteiger partial charge in [0.1, 0.15) is 0 Å². The van der Waals surface area contributed by atoms with Crippen LogP contribution in [-0.2, 0) is 6.54 Å². The van der Waals surface area contributed by atoms with Crippen molar-refractivity contribution in [1.29, 1.82) is 0 Å². The van der Waals surface area contributed by atoms with Gasteiger partial charge in [0.05, 0.1) is 0 Å². The molecule has 1 rings (SSSR count). The van der Waals surface area contributed by atoms with E-state index in [-0.39, 0.29) is 12.1 Å². The molecule has 1 aromatic rings. The third kappa shape index (κ3) is 4.31. The molecular weight excluding hydrogens is 212 g/mol. The van der Waals surface area contributed by atoms with Crippen molar-refractivity contribution in [2.75, 3.05) is 6.54 Å². The highest BCUT2D eigenvalue weighted by Gasteiger charge is 2.16. The van der Waals surface area contributed by atoms with Gasteiger partial charge in [-0.3, -0.25) is 0 Å². The van der Waals surface area contributed by atoms with E-state index in [0.29, 0.717) is 13.1 Å². The topological polar surface area (TPSA) is 32.3 Å². The Morgan fingerprint density at radius 1 is 1.41 bits per heavy atom. The van der Waals surface area contributed by atoms with E-state index in [1.54, 1.807) is 11.0 Å². The molecule has 0 aromatic heterocycles. The van der Waals surface area contributed by atoms with Crippen LogP contribution >= 0.6 is 0 Å². The zero-order valence-corrected chi connectivity index (χ0v) is 10.5. The SMILES string of the molecule is C=CCNC(=O)N(Cc1ccccc1)C(C)C. The zero-order chi connectivity index (χ0) is 12.7. The number of urea groups is 1. The Labute approximate surface area is 103 Å². The average Bonchev–Trinajstić information content (AvgIpc) is 2.34. The molecule has 0 fully saturated rings. The highest BCUT2D eigenvalue weighted by Crippen LogP contribution is 2.08. The number of nitrogens with zero attached hydrogens (tertiary/aromatic N) is 1. The molecule has 0 radical (unpaired) electrons. The molecule has 0 aliphatic heterocycles. The fourth-order valence-electron chi connectivity index (χ4n) is 1.53. The van der Waals surface area contributed by atoms with Crippen molar-refractivity contribution in [1.82, 2.24) is 10.2 Å². The van der Waals surface area contributed by atoms with E-state index in [1.165, 1.54) is 0 Å². The minimum absolute atomic E-state index is 0.0521. The second-order valence-corrected chi connectivity index (χ2v) is 4.18. The van der Waals surface area contributed by atoms with Crippen LogP contribution in [0, 0.1) is 0 Å². The summed E-state index contributed by atoms with van der Waals surface area (Å²) < 4.78 is 0. The van der Waals surface area contributed by atoms with Gasteiger partial charge in [-0.1, -0.05) is 36.4 Å². The quantitative estimate of drug-likeness (QED) is 0.778. The Balaban J connectivity index is 2.66. The van der Waals surface area contributed by atoms with Gasteiger partial charge in [0.2, 0.25) is 0 Å². The lowest BCUT2D eigenvalue weighted by Crippen LogP contribution is -2.43. The first-order valence-electron chi connectivity index (χ1n) is 5.84. The molecule has 0 bridgehead atoms. The summed E-state index contributed by atoms with van der Waals surface area (Å²) in [5, 5.41) is 2.80. The lowest BCUT2D eigenvalue weighted by molar-refractivity contribution is 0.181. The summed E-state index contributed by atoms with van der Waals surface area (Å²) in [4.78, 5) is 13.7. The summed E-state index contributed by atoms with van der Waals surface area (Å²) in [6.45, 7) is 8.73. The Morgan fingerprint density at radius 2 is 2.06 bits per heavy atom. The van der Waals surface area contributed by atoms with E-state index in [2.05, 4.69) is 11.9 Å². The maximum absolute atomic E-state index is 11.9. The number of rotatable bonds is 5.